The van der Waals surface area contributed by atoms with Crippen LogP contribution in [0.4, 0.5) is 0 Å². The van der Waals surface area contributed by atoms with Gasteiger partial charge in [-0.25, -0.2) is 0 Å². The number of hydrogen-bond donors (Lipinski definition) is 2. The highest BCUT2D eigenvalue weighted by Crippen LogP contribution is 2.03. The zero-order chi connectivity index (χ0) is 20.1. The van der Waals surface area contributed by atoms with E-state index in [-0.39, 0.29) is 0 Å². The number of nitrogens with zero attached hydrogens (tertiary/aromatic N) is 3. The van der Waals surface area contributed by atoms with Crippen LogP contribution >= 0.6 is 0 Å². The third-order valence-corrected chi connectivity index (χ3v) is 5.28. The fraction of sp³-hybridized carbons (Fsp3) is 1.00. The van der Waals surface area contributed by atoms with Crippen LogP contribution in [-0.4, -0.2) is 98.3 Å². The third-order valence-electron chi connectivity index (χ3n) is 5.28. The lowest BCUT2D eigenvalue weighted by molar-refractivity contribution is 0.174. The Bertz CT molecular complexity index is 310. The van der Waals surface area contributed by atoms with E-state index in [9.17, 15) is 0 Å². The van der Waals surface area contributed by atoms with Gasteiger partial charge in [-0.1, -0.05) is 0 Å². The second-order valence-corrected chi connectivity index (χ2v) is 8.63. The summed E-state index contributed by atoms with van der Waals surface area (Å²) in [5, 5.41) is 7.15. The summed E-state index contributed by atoms with van der Waals surface area (Å²) in [6.07, 6.45) is 0. The lowest BCUT2D eigenvalue weighted by Gasteiger charge is -2.30. The van der Waals surface area contributed by atoms with Crippen molar-refractivity contribution in [1.82, 2.24) is 25.3 Å². The highest BCUT2D eigenvalue weighted by Gasteiger charge is 2.12. The van der Waals surface area contributed by atoms with Gasteiger partial charge in [0.2, 0.25) is 0 Å². The van der Waals surface area contributed by atoms with Crippen LogP contribution in [0.5, 0.6) is 0 Å². The Morgan fingerprint density at radius 1 is 0.538 bits per heavy atom. The predicted octanol–water partition coefficient (Wildman–Crippen LogP) is 2.34. The van der Waals surface area contributed by atoms with E-state index in [1.807, 2.05) is 0 Å². The SMILES string of the molecule is CC(C)N(C)CCN(CCNCCNCCN(C(C)C)C(C)C)C(C)C. The molecule has 2 N–H and O–H groups in total. The molecule has 0 aromatic heterocycles. The Hall–Kier alpha value is -0.200. The molecular formula is C21H49N5. The fourth-order valence-corrected chi connectivity index (χ4v) is 3.14. The van der Waals surface area contributed by atoms with Crippen LogP contribution in [-0.2, 0) is 0 Å². The molecule has 5 nitrogen and oxygen atoms in total. The molecule has 0 aliphatic heterocycles. The summed E-state index contributed by atoms with van der Waals surface area (Å²) in [5.74, 6) is 0. The lowest BCUT2D eigenvalue weighted by Crippen LogP contribution is -2.44. The zero-order valence-electron chi connectivity index (χ0n) is 19.3. The normalized spacial score (nSPS) is 12.9. The fourth-order valence-electron chi connectivity index (χ4n) is 3.14. The van der Waals surface area contributed by atoms with Crippen molar-refractivity contribution in [3.05, 3.63) is 0 Å². The largest absolute Gasteiger partial charge is 0.314 e. The second-order valence-electron chi connectivity index (χ2n) is 8.63. The van der Waals surface area contributed by atoms with Gasteiger partial charge in [-0.15, -0.1) is 0 Å². The van der Waals surface area contributed by atoms with Gasteiger partial charge in [0.15, 0.2) is 0 Å². The van der Waals surface area contributed by atoms with Crippen molar-refractivity contribution in [1.29, 1.82) is 0 Å². The van der Waals surface area contributed by atoms with Crippen LogP contribution in [0.3, 0.4) is 0 Å². The average Bonchev–Trinajstić information content (AvgIpc) is 2.54. The van der Waals surface area contributed by atoms with E-state index >= 15 is 0 Å². The van der Waals surface area contributed by atoms with Crippen LogP contribution in [0.25, 0.3) is 0 Å². The van der Waals surface area contributed by atoms with E-state index < -0.39 is 0 Å². The first-order chi connectivity index (χ1) is 12.2. The maximum atomic E-state index is 3.58. The molecule has 0 fully saturated rings. The highest BCUT2D eigenvalue weighted by atomic mass is 15.2. The monoisotopic (exact) mass is 371 g/mol. The molecule has 0 aliphatic carbocycles. The highest BCUT2D eigenvalue weighted by molar-refractivity contribution is 4.70. The summed E-state index contributed by atoms with van der Waals surface area (Å²) >= 11 is 0. The molecule has 0 bridgehead atoms. The molecule has 26 heavy (non-hydrogen) atoms. The van der Waals surface area contributed by atoms with Crippen LogP contribution < -0.4 is 10.6 Å². The van der Waals surface area contributed by atoms with Gasteiger partial charge in [-0.05, 0) is 62.4 Å². The molecule has 0 aliphatic rings. The molecule has 0 unspecified atom stereocenters. The molecule has 0 saturated carbocycles. The zero-order valence-corrected chi connectivity index (χ0v) is 19.3. The molecule has 0 saturated heterocycles. The molecule has 0 aromatic carbocycles. The number of hydrogen-bond acceptors (Lipinski definition) is 5. The predicted molar refractivity (Wildman–Crippen MR) is 117 cm³/mol. The molecule has 0 amide bonds. The van der Waals surface area contributed by atoms with E-state index in [0.29, 0.717) is 24.2 Å². The van der Waals surface area contributed by atoms with Crippen molar-refractivity contribution >= 4 is 0 Å². The molecule has 0 aromatic rings. The summed E-state index contributed by atoms with van der Waals surface area (Å²) in [4.78, 5) is 7.53. The third kappa shape index (κ3) is 12.2. The van der Waals surface area contributed by atoms with E-state index in [2.05, 4.69) is 87.8 Å². The van der Waals surface area contributed by atoms with Crippen molar-refractivity contribution in [2.45, 2.75) is 79.6 Å². The molecular weight excluding hydrogens is 322 g/mol. The van der Waals surface area contributed by atoms with Crippen molar-refractivity contribution in [3.8, 4) is 0 Å². The summed E-state index contributed by atoms with van der Waals surface area (Å²) in [6.45, 7) is 27.0. The lowest BCUT2D eigenvalue weighted by atomic mass is 10.2. The molecule has 0 rings (SSSR count). The average molecular weight is 372 g/mol. The van der Waals surface area contributed by atoms with E-state index in [0.717, 1.165) is 52.4 Å². The van der Waals surface area contributed by atoms with Gasteiger partial charge in [0.1, 0.15) is 0 Å². The summed E-state index contributed by atoms with van der Waals surface area (Å²) in [6, 6.07) is 2.46. The minimum absolute atomic E-state index is 0.605. The summed E-state index contributed by atoms with van der Waals surface area (Å²) in [5.41, 5.74) is 0. The van der Waals surface area contributed by atoms with Gasteiger partial charge in [-0.2, -0.15) is 0 Å². The van der Waals surface area contributed by atoms with Crippen molar-refractivity contribution < 1.29 is 0 Å². The Morgan fingerprint density at radius 3 is 1.46 bits per heavy atom. The van der Waals surface area contributed by atoms with Crippen molar-refractivity contribution in [3.63, 3.8) is 0 Å². The molecule has 0 radical (unpaired) electrons. The summed E-state index contributed by atoms with van der Waals surface area (Å²) < 4.78 is 0. The minimum Gasteiger partial charge on any atom is -0.314 e. The first-order valence-corrected chi connectivity index (χ1v) is 10.8. The molecule has 5 heteroatoms. The van der Waals surface area contributed by atoms with Gasteiger partial charge >= 0.3 is 0 Å². The van der Waals surface area contributed by atoms with Crippen LogP contribution in [0, 0.1) is 0 Å². The van der Waals surface area contributed by atoms with Gasteiger partial charge in [0.05, 0.1) is 0 Å². The number of nitrogens with one attached hydrogen (secondary N) is 2. The number of rotatable bonds is 16. The molecule has 158 valence electrons. The maximum absolute atomic E-state index is 3.58. The maximum Gasteiger partial charge on any atom is 0.0113 e. The summed E-state index contributed by atoms with van der Waals surface area (Å²) in [7, 11) is 2.22. The van der Waals surface area contributed by atoms with E-state index in [1.54, 1.807) is 0 Å². The first kappa shape index (κ1) is 25.8. The molecule has 0 heterocycles. The topological polar surface area (TPSA) is 33.8 Å². The molecule has 0 spiro atoms. The van der Waals surface area contributed by atoms with Crippen LogP contribution in [0.15, 0.2) is 0 Å². The molecule has 0 atom stereocenters. The second kappa shape index (κ2) is 14.8. The van der Waals surface area contributed by atoms with Crippen LogP contribution in [0.2, 0.25) is 0 Å². The Kier molecular flexibility index (Phi) is 14.7. The van der Waals surface area contributed by atoms with E-state index in [1.165, 1.54) is 0 Å². The quantitative estimate of drug-likeness (QED) is 0.407. The van der Waals surface area contributed by atoms with Gasteiger partial charge < -0.3 is 15.5 Å². The Morgan fingerprint density at radius 2 is 1.04 bits per heavy atom. The first-order valence-electron chi connectivity index (χ1n) is 10.8. The Labute approximate surface area is 164 Å². The standard InChI is InChI=1S/C21H49N5/c1-18(2)24(9)16-17-25(19(3)4)14-12-22-10-11-23-13-15-26(20(5)6)21(7)8/h18-23H,10-17H2,1-9H3. The Balaban J connectivity index is 3.79. The van der Waals surface area contributed by atoms with Crippen molar-refractivity contribution in [2.24, 2.45) is 0 Å². The van der Waals surface area contributed by atoms with Crippen molar-refractivity contribution in [2.75, 3.05) is 59.4 Å². The van der Waals surface area contributed by atoms with Gasteiger partial charge in [0.25, 0.3) is 0 Å². The smallest absolute Gasteiger partial charge is 0.0113 e. The van der Waals surface area contributed by atoms with Crippen LogP contribution in [0.1, 0.15) is 55.4 Å². The minimum atomic E-state index is 0.605. The van der Waals surface area contributed by atoms with Gasteiger partial charge in [-0.3, -0.25) is 9.80 Å². The van der Waals surface area contributed by atoms with E-state index in [4.69, 9.17) is 0 Å². The number of likely N-dealkylation sites (N-methyl/N-ethyl adjacent to an activating group) is 1. The van der Waals surface area contributed by atoms with Gasteiger partial charge in [0, 0.05) is 76.5 Å².